The summed E-state index contributed by atoms with van der Waals surface area (Å²) in [5, 5.41) is 9.34. The Kier molecular flexibility index (Phi) is 7.06. The van der Waals surface area contributed by atoms with Crippen molar-refractivity contribution in [3.8, 4) is 16.6 Å². The largest absolute Gasteiger partial charge is 0.460 e. The maximum Gasteiger partial charge on any atom is 0.317 e. The lowest BCUT2D eigenvalue weighted by Gasteiger charge is -2.21. The quantitative estimate of drug-likeness (QED) is 0.600. The lowest BCUT2D eigenvalue weighted by Crippen LogP contribution is -2.21. The average molecular weight is 442 g/mol. The van der Waals surface area contributed by atoms with Crippen molar-refractivity contribution in [2.45, 2.75) is 58.5 Å². The molecule has 1 saturated carbocycles. The van der Waals surface area contributed by atoms with Crippen molar-refractivity contribution in [2.24, 2.45) is 4.99 Å². The van der Waals surface area contributed by atoms with Crippen LogP contribution in [-0.2, 0) is 18.1 Å². The molecule has 3 aromatic heterocycles. The van der Waals surface area contributed by atoms with Crippen molar-refractivity contribution < 1.29 is 14.6 Å². The zero-order valence-corrected chi connectivity index (χ0v) is 18.6. The number of thiazole rings is 1. The number of ether oxygens (including phenoxy) is 2. The van der Waals surface area contributed by atoms with Crippen LogP contribution in [0.15, 0.2) is 35.5 Å². The molecule has 4 rings (SSSR count). The number of hydrogen-bond donors (Lipinski definition) is 1. The van der Waals surface area contributed by atoms with E-state index in [4.69, 9.17) is 9.47 Å². The van der Waals surface area contributed by atoms with Gasteiger partial charge in [-0.15, -0.1) is 0 Å². The zero-order valence-electron chi connectivity index (χ0n) is 17.8. The molecule has 0 radical (unpaired) electrons. The summed E-state index contributed by atoms with van der Waals surface area (Å²) in [6.07, 6.45) is 7.95. The summed E-state index contributed by atoms with van der Waals surface area (Å²) in [6, 6.07) is 7.78. The minimum absolute atomic E-state index is 0.124. The van der Waals surface area contributed by atoms with Gasteiger partial charge in [0.15, 0.2) is 10.6 Å². The third-order valence-corrected chi connectivity index (χ3v) is 6.11. The van der Waals surface area contributed by atoms with Gasteiger partial charge in [-0.2, -0.15) is 4.98 Å². The van der Waals surface area contributed by atoms with Gasteiger partial charge < -0.3 is 14.6 Å². The maximum absolute atomic E-state index is 9.34. The van der Waals surface area contributed by atoms with Gasteiger partial charge in [-0.25, -0.2) is 15.0 Å². The SMILES string of the molecule is COCn1cc(-c2cc(C)nc(OC3CCCCC3)n2)s/c1=N\c1cccc(CO)n1. The molecule has 0 bridgehead atoms. The highest BCUT2D eigenvalue weighted by atomic mass is 32.1. The summed E-state index contributed by atoms with van der Waals surface area (Å²) in [5.41, 5.74) is 2.23. The lowest BCUT2D eigenvalue weighted by molar-refractivity contribution is 0.129. The van der Waals surface area contributed by atoms with Gasteiger partial charge >= 0.3 is 6.01 Å². The molecule has 0 saturated heterocycles. The molecule has 1 fully saturated rings. The van der Waals surface area contributed by atoms with Crippen LogP contribution < -0.4 is 9.54 Å². The number of pyridine rings is 1. The van der Waals surface area contributed by atoms with Gasteiger partial charge in [0, 0.05) is 19.0 Å². The number of aromatic nitrogens is 4. The van der Waals surface area contributed by atoms with Crippen molar-refractivity contribution in [3.63, 3.8) is 0 Å². The van der Waals surface area contributed by atoms with Crippen LogP contribution in [0, 0.1) is 6.92 Å². The van der Waals surface area contributed by atoms with Crippen LogP contribution in [-0.4, -0.2) is 37.8 Å². The van der Waals surface area contributed by atoms with E-state index in [-0.39, 0.29) is 12.7 Å². The Morgan fingerprint density at radius 1 is 1.19 bits per heavy atom. The first-order valence-electron chi connectivity index (χ1n) is 10.5. The second-order valence-corrected chi connectivity index (χ2v) is 8.59. The molecule has 1 N–H and O–H groups in total. The molecule has 164 valence electrons. The van der Waals surface area contributed by atoms with Gasteiger partial charge in [-0.05, 0) is 50.8 Å². The van der Waals surface area contributed by atoms with Crippen molar-refractivity contribution in [2.75, 3.05) is 7.11 Å². The van der Waals surface area contributed by atoms with E-state index in [1.807, 2.05) is 29.8 Å². The highest BCUT2D eigenvalue weighted by Crippen LogP contribution is 2.26. The Labute approximate surface area is 185 Å². The molecule has 3 heterocycles. The fourth-order valence-corrected chi connectivity index (χ4v) is 4.53. The number of nitrogens with zero attached hydrogens (tertiary/aromatic N) is 5. The minimum atomic E-state index is -0.124. The van der Waals surface area contributed by atoms with Gasteiger partial charge in [-0.3, -0.25) is 4.57 Å². The smallest absolute Gasteiger partial charge is 0.317 e. The number of aliphatic hydroxyl groups is 1. The van der Waals surface area contributed by atoms with Crippen LogP contribution in [0.3, 0.4) is 0 Å². The first kappa shape index (κ1) is 21.6. The van der Waals surface area contributed by atoms with E-state index in [0.29, 0.717) is 24.3 Å². The summed E-state index contributed by atoms with van der Waals surface area (Å²) in [4.78, 5) is 19.8. The second-order valence-electron chi connectivity index (χ2n) is 7.58. The number of methoxy groups -OCH3 is 1. The molecule has 1 aliphatic rings. The zero-order chi connectivity index (χ0) is 21.6. The number of hydrogen-bond acceptors (Lipinski definition) is 8. The Hall–Kier alpha value is -2.62. The number of aryl methyl sites for hydroxylation is 1. The fraction of sp³-hybridized carbons (Fsp3) is 0.455. The average Bonchev–Trinajstić information content (AvgIpc) is 3.17. The molecule has 0 aromatic carbocycles. The summed E-state index contributed by atoms with van der Waals surface area (Å²) < 4.78 is 13.3. The van der Waals surface area contributed by atoms with Crippen molar-refractivity contribution in [3.05, 3.63) is 46.7 Å². The Balaban J connectivity index is 1.68. The first-order valence-corrected chi connectivity index (χ1v) is 11.3. The van der Waals surface area contributed by atoms with E-state index < -0.39 is 0 Å². The summed E-state index contributed by atoms with van der Waals surface area (Å²) in [7, 11) is 1.64. The topological polar surface area (TPSA) is 94.7 Å². The van der Waals surface area contributed by atoms with Gasteiger partial charge in [0.05, 0.1) is 22.9 Å². The van der Waals surface area contributed by atoms with Crippen molar-refractivity contribution >= 4 is 17.2 Å². The monoisotopic (exact) mass is 441 g/mol. The van der Waals surface area contributed by atoms with Crippen molar-refractivity contribution in [1.82, 2.24) is 19.5 Å². The molecule has 1 aliphatic carbocycles. The molecule has 8 nitrogen and oxygen atoms in total. The predicted molar refractivity (Wildman–Crippen MR) is 118 cm³/mol. The molecule has 9 heteroatoms. The molecule has 0 spiro atoms. The first-order chi connectivity index (χ1) is 15.1. The van der Waals surface area contributed by atoms with E-state index >= 15 is 0 Å². The van der Waals surface area contributed by atoms with Gasteiger partial charge in [0.25, 0.3) is 0 Å². The van der Waals surface area contributed by atoms with E-state index in [9.17, 15) is 5.11 Å². The molecule has 0 aliphatic heterocycles. The van der Waals surface area contributed by atoms with E-state index in [1.54, 1.807) is 19.2 Å². The minimum Gasteiger partial charge on any atom is -0.460 e. The van der Waals surface area contributed by atoms with Crippen LogP contribution in [0.2, 0.25) is 0 Å². The molecule has 31 heavy (non-hydrogen) atoms. The second kappa shape index (κ2) is 10.1. The van der Waals surface area contributed by atoms with Gasteiger partial charge in [-0.1, -0.05) is 23.8 Å². The highest BCUT2D eigenvalue weighted by molar-refractivity contribution is 7.12. The molecule has 0 atom stereocenters. The molecule has 0 amide bonds. The summed E-state index contributed by atoms with van der Waals surface area (Å²) >= 11 is 1.49. The van der Waals surface area contributed by atoms with E-state index in [0.717, 1.165) is 33.9 Å². The number of rotatable bonds is 7. The van der Waals surface area contributed by atoms with E-state index in [1.165, 1.54) is 30.6 Å². The molecule has 0 unspecified atom stereocenters. The van der Waals surface area contributed by atoms with E-state index in [2.05, 4.69) is 19.9 Å². The molecule has 3 aromatic rings. The Bertz CT molecular complexity index is 1090. The summed E-state index contributed by atoms with van der Waals surface area (Å²) in [5.74, 6) is 0.532. The standard InChI is InChI=1S/C22H27N5O3S/c1-15-11-18(25-21(23-15)30-17-8-4-3-5-9-17)19-12-27(14-29-2)22(31-19)26-20-10-6-7-16(13-28)24-20/h6-7,10-12,17,28H,3-5,8-9,13-14H2,1-2H3/b26-22-. The predicted octanol–water partition coefficient (Wildman–Crippen LogP) is 3.75. The summed E-state index contributed by atoms with van der Waals surface area (Å²) in [6.45, 7) is 2.18. The lowest BCUT2D eigenvalue weighted by atomic mass is 9.98. The van der Waals surface area contributed by atoms with Crippen LogP contribution in [0.1, 0.15) is 43.5 Å². The third kappa shape index (κ3) is 5.55. The molecular formula is C22H27N5O3S. The number of aliphatic hydroxyl groups excluding tert-OH is 1. The van der Waals surface area contributed by atoms with Crippen LogP contribution >= 0.6 is 11.3 Å². The normalized spacial score (nSPS) is 15.4. The van der Waals surface area contributed by atoms with Crippen molar-refractivity contribution in [1.29, 1.82) is 0 Å². The van der Waals surface area contributed by atoms with Gasteiger partial charge in [0.1, 0.15) is 12.8 Å². The Morgan fingerprint density at radius 3 is 2.81 bits per heavy atom. The maximum atomic E-state index is 9.34. The van der Waals surface area contributed by atoms with Crippen LogP contribution in [0.25, 0.3) is 10.6 Å². The van der Waals surface area contributed by atoms with Crippen LogP contribution in [0.5, 0.6) is 6.01 Å². The van der Waals surface area contributed by atoms with Gasteiger partial charge in [0.2, 0.25) is 0 Å². The Morgan fingerprint density at radius 2 is 2.03 bits per heavy atom. The van der Waals surface area contributed by atoms with Crippen LogP contribution in [0.4, 0.5) is 5.82 Å². The third-order valence-electron chi connectivity index (χ3n) is 5.06. The highest BCUT2D eigenvalue weighted by Gasteiger charge is 2.17. The fourth-order valence-electron chi connectivity index (χ4n) is 3.58. The molecular weight excluding hydrogens is 414 g/mol.